The fraction of sp³-hybridized carbons (Fsp3) is 0.105. The van der Waals surface area contributed by atoms with Crippen molar-refractivity contribution in [2.45, 2.75) is 6.54 Å². The molecule has 0 bridgehead atoms. The number of hydrogen-bond donors (Lipinski definition) is 2. The lowest BCUT2D eigenvalue weighted by Gasteiger charge is -2.23. The Bertz CT molecular complexity index is 1130. The predicted molar refractivity (Wildman–Crippen MR) is 108 cm³/mol. The smallest absolute Gasteiger partial charge is 0.258 e. The summed E-state index contributed by atoms with van der Waals surface area (Å²) < 4.78 is 1.70. The summed E-state index contributed by atoms with van der Waals surface area (Å²) in [6, 6.07) is 9.68. The molecule has 0 fully saturated rings. The Kier molecular flexibility index (Phi) is 4.49. The summed E-state index contributed by atoms with van der Waals surface area (Å²) >= 11 is 12.3. The number of fused-ring (bicyclic) bond motifs is 2. The maximum Gasteiger partial charge on any atom is 0.258 e. The second-order valence-electron chi connectivity index (χ2n) is 6.38. The van der Waals surface area contributed by atoms with Crippen LogP contribution in [0.2, 0.25) is 10.0 Å². The molecule has 0 radical (unpaired) electrons. The van der Waals surface area contributed by atoms with Gasteiger partial charge in [0.1, 0.15) is 5.82 Å². The molecule has 3 N–H and O–H groups in total. The number of amides is 2. The average Bonchev–Trinajstić information content (AvgIpc) is 2.90. The van der Waals surface area contributed by atoms with Crippen LogP contribution in [-0.2, 0) is 13.6 Å². The van der Waals surface area contributed by atoms with E-state index in [1.807, 2.05) is 7.05 Å². The van der Waals surface area contributed by atoms with Crippen molar-refractivity contribution in [3.63, 3.8) is 0 Å². The number of anilines is 3. The first-order valence-corrected chi connectivity index (χ1v) is 9.09. The number of halogens is 2. The molecular weight excluding hydrogens is 401 g/mol. The van der Waals surface area contributed by atoms with Gasteiger partial charge in [-0.2, -0.15) is 5.10 Å². The second kappa shape index (κ2) is 6.85. The highest BCUT2D eigenvalue weighted by Crippen LogP contribution is 2.38. The highest BCUT2D eigenvalue weighted by atomic mass is 35.5. The molecule has 2 heterocycles. The molecule has 2 amide bonds. The van der Waals surface area contributed by atoms with Gasteiger partial charge in [-0.1, -0.05) is 23.2 Å². The third kappa shape index (κ3) is 3.08. The second-order valence-corrected chi connectivity index (χ2v) is 7.22. The zero-order valence-electron chi connectivity index (χ0n) is 14.7. The van der Waals surface area contributed by atoms with E-state index in [4.69, 9.17) is 28.9 Å². The van der Waals surface area contributed by atoms with E-state index in [-0.39, 0.29) is 16.5 Å². The highest BCUT2D eigenvalue weighted by molar-refractivity contribution is 6.34. The van der Waals surface area contributed by atoms with Crippen molar-refractivity contribution in [1.29, 1.82) is 0 Å². The maximum atomic E-state index is 13.3. The Balaban J connectivity index is 1.81. The lowest BCUT2D eigenvalue weighted by molar-refractivity contribution is 0.0979. The van der Waals surface area contributed by atoms with Gasteiger partial charge in [-0.25, -0.2) is 0 Å². The van der Waals surface area contributed by atoms with Crippen molar-refractivity contribution in [3.05, 3.63) is 69.3 Å². The van der Waals surface area contributed by atoms with Crippen LogP contribution in [-0.4, -0.2) is 21.6 Å². The third-order valence-electron chi connectivity index (χ3n) is 4.57. The van der Waals surface area contributed by atoms with Crippen LogP contribution < -0.4 is 16.0 Å². The molecule has 0 spiro atoms. The summed E-state index contributed by atoms with van der Waals surface area (Å²) in [5.41, 5.74) is 7.99. The predicted octanol–water partition coefficient (Wildman–Crippen LogP) is 3.73. The maximum absolute atomic E-state index is 13.3. The number of benzene rings is 2. The van der Waals surface area contributed by atoms with Gasteiger partial charge < -0.3 is 16.0 Å². The first kappa shape index (κ1) is 18.3. The highest BCUT2D eigenvalue weighted by Gasteiger charge is 2.27. The Morgan fingerprint density at radius 3 is 2.68 bits per heavy atom. The molecule has 0 aliphatic carbocycles. The molecule has 1 aliphatic heterocycles. The van der Waals surface area contributed by atoms with Crippen molar-refractivity contribution in [2.75, 3.05) is 10.2 Å². The summed E-state index contributed by atoms with van der Waals surface area (Å²) in [6.45, 7) is 0.304. The van der Waals surface area contributed by atoms with Gasteiger partial charge in [0.15, 0.2) is 0 Å². The molecule has 1 aliphatic rings. The number of rotatable bonds is 2. The lowest BCUT2D eigenvalue weighted by atomic mass is 10.1. The Morgan fingerprint density at radius 2 is 1.96 bits per heavy atom. The molecule has 3 aromatic rings. The molecule has 0 unspecified atom stereocenters. The van der Waals surface area contributed by atoms with Crippen molar-refractivity contribution >= 4 is 52.2 Å². The molecule has 28 heavy (non-hydrogen) atoms. The molecule has 142 valence electrons. The standard InChI is InChI=1S/C19H15Cl2N5O2/c1-25-18-11(8-23-25)9-26(16-5-3-12(20)7-15(16)24-18)19(28)10-2-4-13(17(22)27)14(21)6-10/h2-8,24H,9H2,1H3,(H2,22,27). The minimum Gasteiger partial charge on any atom is -0.366 e. The molecular formula is C19H15Cl2N5O2. The molecule has 2 aromatic carbocycles. The van der Waals surface area contributed by atoms with E-state index in [0.717, 1.165) is 11.4 Å². The summed E-state index contributed by atoms with van der Waals surface area (Å²) in [6.07, 6.45) is 1.71. The summed E-state index contributed by atoms with van der Waals surface area (Å²) in [4.78, 5) is 26.3. The summed E-state index contributed by atoms with van der Waals surface area (Å²) in [5, 5.41) is 8.23. The number of primary amides is 1. The van der Waals surface area contributed by atoms with Crippen molar-refractivity contribution in [3.8, 4) is 0 Å². The number of hydrogen-bond acceptors (Lipinski definition) is 4. The lowest BCUT2D eigenvalue weighted by Crippen LogP contribution is -2.30. The molecule has 4 rings (SSSR count). The minimum atomic E-state index is -0.650. The fourth-order valence-corrected chi connectivity index (χ4v) is 3.62. The Morgan fingerprint density at radius 1 is 1.18 bits per heavy atom. The van der Waals surface area contributed by atoms with Gasteiger partial charge in [-0.05, 0) is 36.4 Å². The average molecular weight is 416 g/mol. The van der Waals surface area contributed by atoms with E-state index in [0.29, 0.717) is 28.5 Å². The first-order chi connectivity index (χ1) is 13.3. The normalized spacial score (nSPS) is 12.6. The quantitative estimate of drug-likeness (QED) is 0.666. The SMILES string of the molecule is Cn1ncc2c1Nc1cc(Cl)ccc1N(C(=O)c1ccc(C(N)=O)c(Cl)c1)C2. The van der Waals surface area contributed by atoms with Crippen molar-refractivity contribution in [1.82, 2.24) is 9.78 Å². The van der Waals surface area contributed by atoms with Gasteiger partial charge in [0.05, 0.1) is 34.7 Å². The minimum absolute atomic E-state index is 0.129. The summed E-state index contributed by atoms with van der Waals surface area (Å²) in [5.74, 6) is -0.149. The van der Waals surface area contributed by atoms with Crippen LogP contribution in [0, 0.1) is 0 Å². The van der Waals surface area contributed by atoms with Crippen LogP contribution in [0.25, 0.3) is 0 Å². The zero-order valence-corrected chi connectivity index (χ0v) is 16.3. The van der Waals surface area contributed by atoms with Gasteiger partial charge in [-0.3, -0.25) is 14.3 Å². The van der Waals surface area contributed by atoms with Crippen LogP contribution >= 0.6 is 23.2 Å². The van der Waals surface area contributed by atoms with E-state index in [2.05, 4.69) is 10.4 Å². The number of nitrogens with two attached hydrogens (primary N) is 1. The number of nitrogens with zero attached hydrogens (tertiary/aromatic N) is 3. The van der Waals surface area contributed by atoms with Crippen molar-refractivity contribution < 1.29 is 9.59 Å². The molecule has 0 saturated heterocycles. The van der Waals surface area contributed by atoms with Crippen LogP contribution in [0.1, 0.15) is 26.3 Å². The number of aromatic nitrogens is 2. The topological polar surface area (TPSA) is 93.2 Å². The third-order valence-corrected chi connectivity index (χ3v) is 5.12. The van der Waals surface area contributed by atoms with Gasteiger partial charge >= 0.3 is 0 Å². The number of aryl methyl sites for hydroxylation is 1. The van der Waals surface area contributed by atoms with Gasteiger partial charge in [-0.15, -0.1) is 0 Å². The largest absolute Gasteiger partial charge is 0.366 e. The Hall–Kier alpha value is -3.03. The van der Waals surface area contributed by atoms with E-state index < -0.39 is 5.91 Å². The fourth-order valence-electron chi connectivity index (χ4n) is 3.17. The number of nitrogens with one attached hydrogen (secondary N) is 1. The molecule has 7 nitrogen and oxygen atoms in total. The van der Waals surface area contributed by atoms with Crippen LogP contribution in [0.15, 0.2) is 42.6 Å². The van der Waals surface area contributed by atoms with Gasteiger partial charge in [0.25, 0.3) is 5.91 Å². The number of carbonyl (C=O) groups is 2. The van der Waals surface area contributed by atoms with E-state index in [1.54, 1.807) is 34.0 Å². The van der Waals surface area contributed by atoms with E-state index in [1.165, 1.54) is 18.2 Å². The van der Waals surface area contributed by atoms with Crippen LogP contribution in [0.4, 0.5) is 17.2 Å². The monoisotopic (exact) mass is 415 g/mol. The molecule has 0 saturated carbocycles. The molecule has 1 aromatic heterocycles. The molecule has 9 heteroatoms. The van der Waals surface area contributed by atoms with Gasteiger partial charge in [0, 0.05) is 23.2 Å². The van der Waals surface area contributed by atoms with Crippen LogP contribution in [0.3, 0.4) is 0 Å². The van der Waals surface area contributed by atoms with E-state index in [9.17, 15) is 9.59 Å². The van der Waals surface area contributed by atoms with E-state index >= 15 is 0 Å². The zero-order chi connectivity index (χ0) is 20.0. The first-order valence-electron chi connectivity index (χ1n) is 8.34. The van der Waals surface area contributed by atoms with Crippen molar-refractivity contribution in [2.24, 2.45) is 12.8 Å². The number of carbonyl (C=O) groups excluding carboxylic acids is 2. The Labute approximate surface area is 170 Å². The van der Waals surface area contributed by atoms with Crippen LogP contribution in [0.5, 0.6) is 0 Å². The molecule has 0 atom stereocenters. The van der Waals surface area contributed by atoms with Gasteiger partial charge in [0.2, 0.25) is 5.91 Å². The summed E-state index contributed by atoms with van der Waals surface area (Å²) in [7, 11) is 1.82.